The van der Waals surface area contributed by atoms with Crippen molar-refractivity contribution in [3.05, 3.63) is 36.5 Å². The molecule has 0 fully saturated rings. The number of hydrogen-bond donors (Lipinski definition) is 0. The second kappa shape index (κ2) is 3.31. The average Bonchev–Trinajstić information content (AvgIpc) is 2.66. The van der Waals surface area contributed by atoms with Crippen LogP contribution in [-0.4, -0.2) is 14.8 Å². The Morgan fingerprint density at radius 3 is 3.00 bits per heavy atom. The van der Waals surface area contributed by atoms with Crippen molar-refractivity contribution >= 4 is 0 Å². The first-order valence-corrected chi connectivity index (χ1v) is 4.50. The van der Waals surface area contributed by atoms with E-state index in [-0.39, 0.29) is 0 Å². The Hall–Kier alpha value is -1.96. The summed E-state index contributed by atoms with van der Waals surface area (Å²) in [6.45, 7) is 1.65. The Labute approximate surface area is 86.4 Å². The van der Waals surface area contributed by atoms with E-state index in [2.05, 4.69) is 10.1 Å². The van der Waals surface area contributed by atoms with Crippen LogP contribution in [0.1, 0.15) is 5.82 Å². The summed E-state index contributed by atoms with van der Waals surface area (Å²) in [6.07, 6.45) is 7.33. The van der Waals surface area contributed by atoms with E-state index >= 15 is 0 Å². The summed E-state index contributed by atoms with van der Waals surface area (Å²) < 4.78 is 15.7. The third kappa shape index (κ3) is 1.34. The van der Waals surface area contributed by atoms with Crippen LogP contribution in [0.5, 0.6) is 0 Å². The normalized spacial score (nSPS) is 29.0. The van der Waals surface area contributed by atoms with Crippen molar-refractivity contribution in [2.24, 2.45) is 5.92 Å². The molecule has 4 nitrogen and oxygen atoms in total. The first-order valence-electron chi connectivity index (χ1n) is 4.50. The van der Waals surface area contributed by atoms with E-state index in [9.17, 15) is 4.39 Å². The molecular formula is C10H9FN4. The van der Waals surface area contributed by atoms with Gasteiger partial charge in [0.25, 0.3) is 0 Å². The summed E-state index contributed by atoms with van der Waals surface area (Å²) in [7, 11) is 0. The molecule has 2 atom stereocenters. The van der Waals surface area contributed by atoms with E-state index < -0.39 is 11.7 Å². The maximum Gasteiger partial charge on any atom is 0.241 e. The highest BCUT2D eigenvalue weighted by Crippen LogP contribution is 2.33. The monoisotopic (exact) mass is 204 g/mol. The fourth-order valence-corrected chi connectivity index (χ4v) is 1.58. The molecule has 0 saturated heterocycles. The smallest absolute Gasteiger partial charge is 0.220 e. The van der Waals surface area contributed by atoms with Crippen LogP contribution in [0.4, 0.5) is 4.39 Å². The van der Waals surface area contributed by atoms with Crippen LogP contribution in [-0.2, 0) is 5.79 Å². The molecular weight excluding hydrogens is 195 g/mol. The number of allylic oxidation sites excluding steroid dienone is 4. The zero-order chi connectivity index (χ0) is 10.9. The average molecular weight is 204 g/mol. The number of nitriles is 1. The highest BCUT2D eigenvalue weighted by Gasteiger charge is 2.40. The molecule has 76 valence electrons. The lowest BCUT2D eigenvalue weighted by Gasteiger charge is -2.27. The molecule has 2 unspecified atom stereocenters. The molecule has 15 heavy (non-hydrogen) atoms. The zero-order valence-electron chi connectivity index (χ0n) is 8.13. The lowest BCUT2D eigenvalue weighted by atomic mass is 9.94. The molecule has 0 aromatic carbocycles. The van der Waals surface area contributed by atoms with Crippen molar-refractivity contribution < 1.29 is 4.39 Å². The summed E-state index contributed by atoms with van der Waals surface area (Å²) in [5, 5.41) is 12.7. The molecule has 0 saturated carbocycles. The minimum absolute atomic E-state index is 0.442. The standard InChI is InChI=1S/C10H9FN4/c1-8-13-7-14-15(8)10(11)5-3-2-4-9(10)6-12/h2-5,7,9H,1H3. The number of alkyl halides is 1. The first kappa shape index (κ1) is 9.59. The molecule has 0 N–H and O–H groups in total. The van der Waals surface area contributed by atoms with Gasteiger partial charge < -0.3 is 0 Å². The molecule has 0 amide bonds. The zero-order valence-corrected chi connectivity index (χ0v) is 8.13. The fraction of sp³-hybridized carbons (Fsp3) is 0.300. The van der Waals surface area contributed by atoms with E-state index in [0.717, 1.165) is 4.68 Å². The summed E-state index contributed by atoms with van der Waals surface area (Å²) in [4.78, 5) is 3.85. The largest absolute Gasteiger partial charge is 0.241 e. The van der Waals surface area contributed by atoms with Crippen LogP contribution in [0.15, 0.2) is 30.6 Å². The number of aromatic nitrogens is 3. The van der Waals surface area contributed by atoms with Gasteiger partial charge in [-0.15, -0.1) is 0 Å². The number of aryl methyl sites for hydroxylation is 1. The Morgan fingerprint density at radius 1 is 1.60 bits per heavy atom. The van der Waals surface area contributed by atoms with Gasteiger partial charge in [-0.2, -0.15) is 10.4 Å². The van der Waals surface area contributed by atoms with Crippen molar-refractivity contribution in [3.63, 3.8) is 0 Å². The van der Waals surface area contributed by atoms with Gasteiger partial charge in [0.1, 0.15) is 18.1 Å². The molecule has 5 heteroatoms. The minimum Gasteiger partial charge on any atom is -0.220 e. The maximum absolute atomic E-state index is 14.6. The number of nitrogens with zero attached hydrogens (tertiary/aromatic N) is 4. The summed E-state index contributed by atoms with van der Waals surface area (Å²) in [5.41, 5.74) is 0. The predicted molar refractivity (Wildman–Crippen MR) is 51.2 cm³/mol. The van der Waals surface area contributed by atoms with Crippen LogP contribution in [0.3, 0.4) is 0 Å². The van der Waals surface area contributed by atoms with Gasteiger partial charge in [-0.25, -0.2) is 14.1 Å². The van der Waals surface area contributed by atoms with Gasteiger partial charge in [0.15, 0.2) is 0 Å². The lowest BCUT2D eigenvalue weighted by molar-refractivity contribution is 0.0812. The summed E-state index contributed by atoms with van der Waals surface area (Å²) >= 11 is 0. The molecule has 1 aliphatic rings. The molecule has 1 aromatic heterocycles. The third-order valence-corrected chi connectivity index (χ3v) is 2.36. The van der Waals surface area contributed by atoms with Crippen molar-refractivity contribution in [3.8, 4) is 6.07 Å². The van der Waals surface area contributed by atoms with Crippen LogP contribution < -0.4 is 0 Å². The van der Waals surface area contributed by atoms with Crippen molar-refractivity contribution in [1.29, 1.82) is 5.26 Å². The van der Waals surface area contributed by atoms with Gasteiger partial charge in [0, 0.05) is 0 Å². The Morgan fingerprint density at radius 2 is 2.40 bits per heavy atom. The Balaban J connectivity index is 2.51. The van der Waals surface area contributed by atoms with E-state index in [4.69, 9.17) is 5.26 Å². The van der Waals surface area contributed by atoms with Gasteiger partial charge in [-0.1, -0.05) is 18.2 Å². The van der Waals surface area contributed by atoms with Crippen LogP contribution in [0.2, 0.25) is 0 Å². The predicted octanol–water partition coefficient (Wildman–Crippen LogP) is 1.47. The van der Waals surface area contributed by atoms with Gasteiger partial charge in [-0.05, 0) is 13.0 Å². The SMILES string of the molecule is Cc1ncnn1C1(F)C=CC=CC1C#N. The van der Waals surface area contributed by atoms with Crippen molar-refractivity contribution in [1.82, 2.24) is 14.8 Å². The van der Waals surface area contributed by atoms with Crippen LogP contribution >= 0.6 is 0 Å². The van der Waals surface area contributed by atoms with Gasteiger partial charge in [-0.3, -0.25) is 0 Å². The van der Waals surface area contributed by atoms with E-state index in [0.29, 0.717) is 5.82 Å². The molecule has 1 aromatic rings. The van der Waals surface area contributed by atoms with Gasteiger partial charge >= 0.3 is 0 Å². The molecule has 0 radical (unpaired) electrons. The van der Waals surface area contributed by atoms with E-state index in [1.165, 1.54) is 18.5 Å². The van der Waals surface area contributed by atoms with Gasteiger partial charge in [0.2, 0.25) is 5.79 Å². The van der Waals surface area contributed by atoms with Crippen molar-refractivity contribution in [2.75, 3.05) is 0 Å². The lowest BCUT2D eigenvalue weighted by Crippen LogP contribution is -2.36. The van der Waals surface area contributed by atoms with Crippen LogP contribution in [0, 0.1) is 24.2 Å². The number of hydrogen-bond acceptors (Lipinski definition) is 3. The topological polar surface area (TPSA) is 54.5 Å². The maximum atomic E-state index is 14.6. The quantitative estimate of drug-likeness (QED) is 0.696. The summed E-state index contributed by atoms with van der Waals surface area (Å²) in [6, 6.07) is 1.91. The highest BCUT2D eigenvalue weighted by atomic mass is 19.1. The van der Waals surface area contributed by atoms with E-state index in [1.807, 2.05) is 6.07 Å². The van der Waals surface area contributed by atoms with Crippen molar-refractivity contribution in [2.45, 2.75) is 12.7 Å². The van der Waals surface area contributed by atoms with E-state index in [1.54, 1.807) is 19.1 Å². The Bertz CT molecular complexity index is 468. The first-order chi connectivity index (χ1) is 7.18. The fourth-order valence-electron chi connectivity index (χ4n) is 1.58. The molecule has 0 spiro atoms. The highest BCUT2D eigenvalue weighted by molar-refractivity contribution is 5.24. The minimum atomic E-state index is -1.93. The molecule has 2 rings (SSSR count). The summed E-state index contributed by atoms with van der Waals surface area (Å²) in [5.74, 6) is -2.36. The van der Waals surface area contributed by atoms with Crippen LogP contribution in [0.25, 0.3) is 0 Å². The van der Waals surface area contributed by atoms with Gasteiger partial charge in [0.05, 0.1) is 6.07 Å². The number of rotatable bonds is 1. The molecule has 1 heterocycles. The molecule has 0 bridgehead atoms. The third-order valence-electron chi connectivity index (χ3n) is 2.36. The molecule has 0 aliphatic heterocycles. The Kier molecular flexibility index (Phi) is 2.12. The second-order valence-corrected chi connectivity index (χ2v) is 3.30. The second-order valence-electron chi connectivity index (χ2n) is 3.30. The molecule has 1 aliphatic carbocycles. The number of halogens is 1.